The highest BCUT2D eigenvalue weighted by Gasteiger charge is 2.29. The van der Waals surface area contributed by atoms with Crippen molar-refractivity contribution in [1.82, 2.24) is 10.2 Å². The minimum absolute atomic E-state index is 0.0138. The van der Waals surface area contributed by atoms with Gasteiger partial charge in [-0.15, -0.1) is 10.2 Å². The molecule has 0 radical (unpaired) electrons. The van der Waals surface area contributed by atoms with Crippen molar-refractivity contribution in [3.8, 4) is 11.5 Å². The molecule has 1 amide bonds. The lowest BCUT2D eigenvalue weighted by atomic mass is 10.2. The summed E-state index contributed by atoms with van der Waals surface area (Å²) in [5.41, 5.74) is 0.798. The predicted molar refractivity (Wildman–Crippen MR) is 86.2 cm³/mol. The van der Waals surface area contributed by atoms with Gasteiger partial charge in [-0.3, -0.25) is 4.79 Å². The Balaban J connectivity index is 1.66. The Morgan fingerprint density at radius 2 is 1.74 bits per heavy atom. The smallest absolute Gasteiger partial charge is 0.228 e. The van der Waals surface area contributed by atoms with Crippen molar-refractivity contribution >= 4 is 23.2 Å². The monoisotopic (exact) mass is 314 g/mol. The second-order valence-corrected chi connectivity index (χ2v) is 5.26. The van der Waals surface area contributed by atoms with Crippen molar-refractivity contribution in [2.45, 2.75) is 12.8 Å². The van der Waals surface area contributed by atoms with E-state index in [2.05, 4.69) is 20.8 Å². The molecule has 1 saturated carbocycles. The SMILES string of the molecule is COc1ccc(Nc2ccc(NC(=O)C3CC3)nn2)cc1OC. The molecule has 1 aromatic heterocycles. The first-order valence-electron chi connectivity index (χ1n) is 7.33. The van der Waals surface area contributed by atoms with E-state index in [0.717, 1.165) is 18.5 Å². The Labute approximate surface area is 134 Å². The number of rotatable bonds is 6. The number of hydrogen-bond donors (Lipinski definition) is 2. The molecule has 7 heteroatoms. The number of ether oxygens (including phenoxy) is 2. The van der Waals surface area contributed by atoms with Gasteiger partial charge in [-0.05, 0) is 37.1 Å². The van der Waals surface area contributed by atoms with E-state index >= 15 is 0 Å². The van der Waals surface area contributed by atoms with Crippen LogP contribution in [0.4, 0.5) is 17.3 Å². The summed E-state index contributed by atoms with van der Waals surface area (Å²) in [5.74, 6) is 2.46. The number of aromatic nitrogens is 2. The number of anilines is 3. The summed E-state index contributed by atoms with van der Waals surface area (Å²) >= 11 is 0. The van der Waals surface area contributed by atoms with Crippen LogP contribution in [0.15, 0.2) is 30.3 Å². The van der Waals surface area contributed by atoms with Gasteiger partial charge in [-0.2, -0.15) is 0 Å². The van der Waals surface area contributed by atoms with Gasteiger partial charge in [0.15, 0.2) is 23.1 Å². The third-order valence-corrected chi connectivity index (χ3v) is 3.52. The number of nitrogens with zero attached hydrogens (tertiary/aromatic N) is 2. The molecule has 0 saturated heterocycles. The lowest BCUT2D eigenvalue weighted by Crippen LogP contribution is -2.14. The van der Waals surface area contributed by atoms with Crippen LogP contribution in [0.2, 0.25) is 0 Å². The zero-order valence-corrected chi connectivity index (χ0v) is 13.0. The number of benzene rings is 1. The second-order valence-electron chi connectivity index (χ2n) is 5.26. The van der Waals surface area contributed by atoms with Crippen LogP contribution < -0.4 is 20.1 Å². The highest BCUT2D eigenvalue weighted by molar-refractivity contribution is 5.93. The summed E-state index contributed by atoms with van der Waals surface area (Å²) < 4.78 is 10.5. The van der Waals surface area contributed by atoms with Crippen LogP contribution in [0.3, 0.4) is 0 Å². The van der Waals surface area contributed by atoms with Gasteiger partial charge in [-0.1, -0.05) is 0 Å². The summed E-state index contributed by atoms with van der Waals surface area (Å²) in [4.78, 5) is 11.7. The van der Waals surface area contributed by atoms with Crippen molar-refractivity contribution in [3.63, 3.8) is 0 Å². The fourth-order valence-electron chi connectivity index (χ4n) is 2.10. The minimum Gasteiger partial charge on any atom is -0.493 e. The van der Waals surface area contributed by atoms with E-state index < -0.39 is 0 Å². The molecule has 7 nitrogen and oxygen atoms in total. The highest BCUT2D eigenvalue weighted by Crippen LogP contribution is 2.31. The minimum atomic E-state index is 0.0138. The highest BCUT2D eigenvalue weighted by atomic mass is 16.5. The van der Waals surface area contributed by atoms with Gasteiger partial charge in [0.05, 0.1) is 14.2 Å². The van der Waals surface area contributed by atoms with Crippen molar-refractivity contribution in [2.24, 2.45) is 5.92 Å². The maximum atomic E-state index is 11.7. The number of hydrogen-bond acceptors (Lipinski definition) is 6. The normalized spacial score (nSPS) is 13.3. The Morgan fingerprint density at radius 3 is 2.35 bits per heavy atom. The fourth-order valence-corrected chi connectivity index (χ4v) is 2.10. The van der Waals surface area contributed by atoms with E-state index in [-0.39, 0.29) is 11.8 Å². The molecule has 0 unspecified atom stereocenters. The van der Waals surface area contributed by atoms with Crippen LogP contribution in [0.25, 0.3) is 0 Å². The fraction of sp³-hybridized carbons (Fsp3) is 0.312. The molecule has 1 aliphatic carbocycles. The lowest BCUT2D eigenvalue weighted by Gasteiger charge is -2.11. The lowest BCUT2D eigenvalue weighted by molar-refractivity contribution is -0.117. The molecule has 1 fully saturated rings. The molecule has 0 atom stereocenters. The third kappa shape index (κ3) is 3.68. The maximum absolute atomic E-state index is 11.7. The maximum Gasteiger partial charge on any atom is 0.228 e. The number of nitrogens with one attached hydrogen (secondary N) is 2. The van der Waals surface area contributed by atoms with Crippen LogP contribution in [0.5, 0.6) is 11.5 Å². The van der Waals surface area contributed by atoms with E-state index in [1.807, 2.05) is 12.1 Å². The van der Waals surface area contributed by atoms with E-state index in [1.54, 1.807) is 32.4 Å². The van der Waals surface area contributed by atoms with Crippen LogP contribution in [-0.4, -0.2) is 30.3 Å². The first kappa shape index (κ1) is 15.1. The first-order valence-corrected chi connectivity index (χ1v) is 7.33. The molecule has 120 valence electrons. The summed E-state index contributed by atoms with van der Waals surface area (Å²) in [7, 11) is 3.17. The summed E-state index contributed by atoms with van der Waals surface area (Å²) in [6, 6.07) is 8.94. The quantitative estimate of drug-likeness (QED) is 0.852. The second kappa shape index (κ2) is 6.51. The average Bonchev–Trinajstić information content (AvgIpc) is 3.41. The zero-order valence-electron chi connectivity index (χ0n) is 13.0. The van der Waals surface area contributed by atoms with Crippen LogP contribution in [0, 0.1) is 5.92 Å². The van der Waals surface area contributed by atoms with E-state index in [4.69, 9.17) is 9.47 Å². The van der Waals surface area contributed by atoms with Crippen molar-refractivity contribution in [3.05, 3.63) is 30.3 Å². The molecule has 1 aliphatic rings. The number of amides is 1. The van der Waals surface area contributed by atoms with E-state index in [0.29, 0.717) is 23.1 Å². The number of methoxy groups -OCH3 is 2. The Morgan fingerprint density at radius 1 is 1.04 bits per heavy atom. The Kier molecular flexibility index (Phi) is 4.27. The van der Waals surface area contributed by atoms with Crippen LogP contribution >= 0.6 is 0 Å². The van der Waals surface area contributed by atoms with Gasteiger partial charge >= 0.3 is 0 Å². The Bertz CT molecular complexity index is 699. The molecular formula is C16H18N4O3. The van der Waals surface area contributed by atoms with Crippen LogP contribution in [-0.2, 0) is 4.79 Å². The molecule has 0 aliphatic heterocycles. The van der Waals surface area contributed by atoms with E-state index in [9.17, 15) is 4.79 Å². The zero-order chi connectivity index (χ0) is 16.2. The van der Waals surface area contributed by atoms with Crippen LogP contribution in [0.1, 0.15) is 12.8 Å². The molecule has 23 heavy (non-hydrogen) atoms. The molecule has 0 bridgehead atoms. The van der Waals surface area contributed by atoms with Gasteiger partial charge < -0.3 is 20.1 Å². The average molecular weight is 314 g/mol. The van der Waals surface area contributed by atoms with Gasteiger partial charge in [0.1, 0.15) is 0 Å². The van der Waals surface area contributed by atoms with E-state index in [1.165, 1.54) is 0 Å². The topological polar surface area (TPSA) is 85.4 Å². The van der Waals surface area contributed by atoms with Gasteiger partial charge in [0, 0.05) is 17.7 Å². The van der Waals surface area contributed by atoms with Crippen molar-refractivity contribution < 1.29 is 14.3 Å². The molecule has 2 N–H and O–H groups in total. The third-order valence-electron chi connectivity index (χ3n) is 3.52. The molecule has 1 heterocycles. The Hall–Kier alpha value is -2.83. The summed E-state index contributed by atoms with van der Waals surface area (Å²) in [6.07, 6.45) is 1.91. The number of carbonyl (C=O) groups excluding carboxylic acids is 1. The van der Waals surface area contributed by atoms with Crippen molar-refractivity contribution in [2.75, 3.05) is 24.9 Å². The molecule has 3 rings (SSSR count). The summed E-state index contributed by atoms with van der Waals surface area (Å²) in [5, 5.41) is 13.9. The first-order chi connectivity index (χ1) is 11.2. The molecule has 1 aromatic carbocycles. The standard InChI is InChI=1S/C16H18N4O3/c1-22-12-6-5-11(9-13(12)23-2)17-14-7-8-15(20-19-14)18-16(21)10-3-4-10/h5-10H,3-4H2,1-2H3,(H,17,19)(H,18,20,21). The predicted octanol–water partition coefficient (Wildman–Crippen LogP) is 2.59. The molecule has 2 aromatic rings. The van der Waals surface area contributed by atoms with Gasteiger partial charge in [0.25, 0.3) is 0 Å². The molecular weight excluding hydrogens is 296 g/mol. The van der Waals surface area contributed by atoms with Gasteiger partial charge in [-0.25, -0.2) is 0 Å². The number of carbonyl (C=O) groups is 1. The molecule has 0 spiro atoms. The largest absolute Gasteiger partial charge is 0.493 e. The summed E-state index contributed by atoms with van der Waals surface area (Å²) in [6.45, 7) is 0. The van der Waals surface area contributed by atoms with Gasteiger partial charge in [0.2, 0.25) is 5.91 Å². The van der Waals surface area contributed by atoms with Crippen molar-refractivity contribution in [1.29, 1.82) is 0 Å².